The summed E-state index contributed by atoms with van der Waals surface area (Å²) in [6.07, 6.45) is 4.74. The lowest BCUT2D eigenvalue weighted by Crippen LogP contribution is -2.44. The van der Waals surface area contributed by atoms with Crippen LogP contribution in [-0.2, 0) is 0 Å². The van der Waals surface area contributed by atoms with Gasteiger partial charge in [-0.2, -0.15) is 8.78 Å². The maximum absolute atomic E-state index is 14.0. The molecule has 0 aromatic heterocycles. The summed E-state index contributed by atoms with van der Waals surface area (Å²) in [6.45, 7) is -0.278. The summed E-state index contributed by atoms with van der Waals surface area (Å²) in [5.41, 5.74) is 3.25. The van der Waals surface area contributed by atoms with Crippen molar-refractivity contribution in [3.05, 3.63) is 78.4 Å². The zero-order valence-electron chi connectivity index (χ0n) is 21.0. The second-order valence-electron chi connectivity index (χ2n) is 9.81. The van der Waals surface area contributed by atoms with Crippen LogP contribution in [0.4, 0.5) is 14.5 Å². The number of carbonyl (C=O) groups excluding carboxylic acids is 1. The Kier molecular flexibility index (Phi) is 7.70. The van der Waals surface area contributed by atoms with Gasteiger partial charge in [0.2, 0.25) is 0 Å². The summed E-state index contributed by atoms with van der Waals surface area (Å²) in [4.78, 5) is 18.3. The van der Waals surface area contributed by atoms with E-state index in [-0.39, 0.29) is 23.4 Å². The molecular weight excluding hydrogens is 474 g/mol. The number of amides is 1. The molecule has 5 nitrogen and oxygen atoms in total. The van der Waals surface area contributed by atoms with Crippen molar-refractivity contribution in [2.24, 2.45) is 5.92 Å². The molecule has 0 radical (unpaired) electrons. The summed E-state index contributed by atoms with van der Waals surface area (Å²) in [5.74, 6) is 0.571. The summed E-state index contributed by atoms with van der Waals surface area (Å²) < 4.78 is 35.5. The average Bonchev–Trinajstić information content (AvgIpc) is 3.64. The number of anilines is 1. The summed E-state index contributed by atoms with van der Waals surface area (Å²) in [6, 6.07) is 22.7. The Labute approximate surface area is 216 Å². The first-order chi connectivity index (χ1) is 18.0. The van der Waals surface area contributed by atoms with Crippen LogP contribution in [0, 0.1) is 5.92 Å². The Hall–Kier alpha value is -3.45. The number of methoxy groups -OCH3 is 1. The number of hydrogen-bond donors (Lipinski definition) is 0. The van der Waals surface area contributed by atoms with Crippen LogP contribution in [0.3, 0.4) is 0 Å². The van der Waals surface area contributed by atoms with Gasteiger partial charge < -0.3 is 14.4 Å². The third kappa shape index (κ3) is 6.10. The van der Waals surface area contributed by atoms with Crippen LogP contribution in [-0.4, -0.2) is 50.2 Å². The molecule has 1 aliphatic heterocycles. The van der Waals surface area contributed by atoms with Gasteiger partial charge in [-0.1, -0.05) is 42.5 Å². The molecule has 3 aromatic rings. The standard InChI is InChI=1S/C30H32F2N2O3/c1-36-28-18-24(14-15-27(28)37-30(31)32)29(35)34(20-26-11-6-16-33(26)19-21-12-13-21)25-10-5-9-23(17-25)22-7-3-2-4-8-22/h2-5,7-10,14-15,17-18,21,26,30H,6,11-13,16,19-20H2,1H3. The second-order valence-corrected chi connectivity index (χ2v) is 9.81. The predicted octanol–water partition coefficient (Wildman–Crippen LogP) is 6.48. The number of ether oxygens (including phenoxy) is 2. The van der Waals surface area contributed by atoms with E-state index in [1.807, 2.05) is 59.5 Å². The number of hydrogen-bond acceptors (Lipinski definition) is 4. The third-order valence-electron chi connectivity index (χ3n) is 7.22. The van der Waals surface area contributed by atoms with Gasteiger partial charge in [0.1, 0.15) is 0 Å². The van der Waals surface area contributed by atoms with Gasteiger partial charge in [-0.3, -0.25) is 9.69 Å². The van der Waals surface area contributed by atoms with E-state index >= 15 is 0 Å². The molecule has 1 unspecified atom stereocenters. The van der Waals surface area contributed by atoms with Crippen molar-refractivity contribution < 1.29 is 23.0 Å². The fourth-order valence-electron chi connectivity index (χ4n) is 5.12. The SMILES string of the molecule is COc1cc(C(=O)N(CC2CCCN2CC2CC2)c2cccc(-c3ccccc3)c2)ccc1OC(F)F. The van der Waals surface area contributed by atoms with E-state index in [0.717, 1.165) is 48.7 Å². The molecule has 2 fully saturated rings. The molecule has 1 atom stereocenters. The van der Waals surface area contributed by atoms with Gasteiger partial charge >= 0.3 is 6.61 Å². The van der Waals surface area contributed by atoms with E-state index in [0.29, 0.717) is 12.1 Å². The number of nitrogens with zero attached hydrogens (tertiary/aromatic N) is 2. The highest BCUT2D eigenvalue weighted by molar-refractivity contribution is 6.06. The number of likely N-dealkylation sites (tertiary alicyclic amines) is 1. The lowest BCUT2D eigenvalue weighted by molar-refractivity contribution is -0.0512. The molecule has 194 valence electrons. The molecule has 1 heterocycles. The smallest absolute Gasteiger partial charge is 0.387 e. The molecule has 2 aliphatic rings. The molecule has 0 N–H and O–H groups in total. The van der Waals surface area contributed by atoms with Crippen LogP contribution < -0.4 is 14.4 Å². The van der Waals surface area contributed by atoms with Crippen molar-refractivity contribution >= 4 is 11.6 Å². The predicted molar refractivity (Wildman–Crippen MR) is 140 cm³/mol. The van der Waals surface area contributed by atoms with Gasteiger partial charge in [0, 0.05) is 30.4 Å². The molecule has 1 saturated carbocycles. The molecule has 0 spiro atoms. The van der Waals surface area contributed by atoms with Crippen molar-refractivity contribution in [2.45, 2.75) is 38.3 Å². The van der Waals surface area contributed by atoms with Crippen molar-refractivity contribution in [3.8, 4) is 22.6 Å². The molecule has 5 rings (SSSR count). The Morgan fingerprint density at radius 2 is 1.76 bits per heavy atom. The van der Waals surface area contributed by atoms with E-state index < -0.39 is 6.61 Å². The minimum absolute atomic E-state index is 0.0976. The molecule has 1 aliphatic carbocycles. The van der Waals surface area contributed by atoms with Gasteiger partial charge in [-0.05, 0) is 79.6 Å². The second kappa shape index (κ2) is 11.3. The number of rotatable bonds is 10. The molecule has 37 heavy (non-hydrogen) atoms. The fraction of sp³-hybridized carbons (Fsp3) is 0.367. The zero-order chi connectivity index (χ0) is 25.8. The van der Waals surface area contributed by atoms with Gasteiger partial charge in [0.15, 0.2) is 11.5 Å². The van der Waals surface area contributed by atoms with Crippen LogP contribution in [0.5, 0.6) is 11.5 Å². The lowest BCUT2D eigenvalue weighted by atomic mass is 10.0. The van der Waals surface area contributed by atoms with Crippen LogP contribution in [0.1, 0.15) is 36.0 Å². The first-order valence-corrected chi connectivity index (χ1v) is 12.9. The number of alkyl halides is 2. The number of carbonyl (C=O) groups is 1. The molecule has 1 amide bonds. The van der Waals surface area contributed by atoms with Crippen molar-refractivity contribution in [1.82, 2.24) is 4.90 Å². The Morgan fingerprint density at radius 3 is 2.49 bits per heavy atom. The molecule has 3 aromatic carbocycles. The topological polar surface area (TPSA) is 42.0 Å². The Bertz CT molecular complexity index is 1220. The number of benzene rings is 3. The van der Waals surface area contributed by atoms with Crippen LogP contribution in [0.25, 0.3) is 11.1 Å². The maximum atomic E-state index is 14.0. The summed E-state index contributed by atoms with van der Waals surface area (Å²) in [7, 11) is 1.37. The lowest BCUT2D eigenvalue weighted by Gasteiger charge is -2.31. The van der Waals surface area contributed by atoms with Crippen LogP contribution >= 0.6 is 0 Å². The van der Waals surface area contributed by atoms with Gasteiger partial charge in [0.25, 0.3) is 5.91 Å². The molecule has 0 bridgehead atoms. The van der Waals surface area contributed by atoms with Gasteiger partial charge in [0.05, 0.1) is 7.11 Å². The van der Waals surface area contributed by atoms with Crippen molar-refractivity contribution in [1.29, 1.82) is 0 Å². The highest BCUT2D eigenvalue weighted by Gasteiger charge is 2.33. The van der Waals surface area contributed by atoms with E-state index in [9.17, 15) is 13.6 Å². The van der Waals surface area contributed by atoms with E-state index in [4.69, 9.17) is 4.74 Å². The van der Waals surface area contributed by atoms with Crippen LogP contribution in [0.15, 0.2) is 72.8 Å². The summed E-state index contributed by atoms with van der Waals surface area (Å²) in [5, 5.41) is 0. The largest absolute Gasteiger partial charge is 0.493 e. The van der Waals surface area contributed by atoms with E-state index in [2.05, 4.69) is 9.64 Å². The first kappa shape index (κ1) is 25.2. The maximum Gasteiger partial charge on any atom is 0.387 e. The normalized spacial score (nSPS) is 17.7. The minimum Gasteiger partial charge on any atom is -0.493 e. The van der Waals surface area contributed by atoms with Crippen LogP contribution in [0.2, 0.25) is 0 Å². The van der Waals surface area contributed by atoms with E-state index in [1.54, 1.807) is 0 Å². The Balaban J connectivity index is 1.48. The highest BCUT2D eigenvalue weighted by Crippen LogP contribution is 2.34. The number of halogens is 2. The van der Waals surface area contributed by atoms with Crippen molar-refractivity contribution in [3.63, 3.8) is 0 Å². The average molecular weight is 507 g/mol. The van der Waals surface area contributed by atoms with Gasteiger partial charge in [-0.25, -0.2) is 0 Å². The monoisotopic (exact) mass is 506 g/mol. The fourth-order valence-corrected chi connectivity index (χ4v) is 5.12. The quantitative estimate of drug-likeness (QED) is 0.315. The van der Waals surface area contributed by atoms with Gasteiger partial charge in [-0.15, -0.1) is 0 Å². The zero-order valence-corrected chi connectivity index (χ0v) is 21.0. The van der Waals surface area contributed by atoms with E-state index in [1.165, 1.54) is 38.2 Å². The molecule has 1 saturated heterocycles. The molecular formula is C30H32F2N2O3. The third-order valence-corrected chi connectivity index (χ3v) is 7.22. The minimum atomic E-state index is -2.98. The summed E-state index contributed by atoms with van der Waals surface area (Å²) >= 11 is 0. The highest BCUT2D eigenvalue weighted by atomic mass is 19.3. The molecule has 7 heteroatoms. The first-order valence-electron chi connectivity index (χ1n) is 12.9. The van der Waals surface area contributed by atoms with Crippen molar-refractivity contribution in [2.75, 3.05) is 31.6 Å². The Morgan fingerprint density at radius 1 is 0.973 bits per heavy atom.